The van der Waals surface area contributed by atoms with E-state index >= 15 is 0 Å². The molecule has 0 aliphatic rings. The Morgan fingerprint density at radius 2 is 1.77 bits per heavy atom. The molecule has 0 amide bonds. The van der Waals surface area contributed by atoms with Gasteiger partial charge in [-0.2, -0.15) is 0 Å². The molecule has 0 radical (unpaired) electrons. The lowest BCUT2D eigenvalue weighted by molar-refractivity contribution is 0.425. The van der Waals surface area contributed by atoms with Crippen molar-refractivity contribution in [3.63, 3.8) is 0 Å². The number of nitrogens with one attached hydrogen (secondary N) is 1. The average molecular weight is 365 g/mol. The number of aromatic nitrogens is 2. The van der Waals surface area contributed by atoms with Gasteiger partial charge < -0.3 is 10.2 Å². The summed E-state index contributed by atoms with van der Waals surface area (Å²) in [6.45, 7) is 1.79. The van der Waals surface area contributed by atoms with E-state index in [0.29, 0.717) is 5.82 Å². The maximum absolute atomic E-state index is 4.71. The molecule has 26 heavy (non-hydrogen) atoms. The Hall–Kier alpha value is -2.37. The fourth-order valence-electron chi connectivity index (χ4n) is 2.59. The highest BCUT2D eigenvalue weighted by Gasteiger charge is 2.05. The Morgan fingerprint density at radius 3 is 2.50 bits per heavy atom. The topological polar surface area (TPSA) is 41.1 Å². The van der Waals surface area contributed by atoms with E-state index in [1.165, 1.54) is 4.90 Å². The molecule has 3 aromatic rings. The molecule has 0 saturated carbocycles. The van der Waals surface area contributed by atoms with Crippen molar-refractivity contribution in [2.75, 3.05) is 38.8 Å². The largest absolute Gasteiger partial charge is 0.368 e. The number of hydrogen-bond donors (Lipinski definition) is 1. The van der Waals surface area contributed by atoms with Gasteiger partial charge in [-0.3, -0.25) is 0 Å². The van der Waals surface area contributed by atoms with Crippen LogP contribution in [0.5, 0.6) is 0 Å². The van der Waals surface area contributed by atoms with Crippen molar-refractivity contribution in [3.05, 3.63) is 59.9 Å². The molecule has 0 bridgehead atoms. The number of thioether (sulfide) groups is 1. The number of anilines is 1. The maximum Gasteiger partial charge on any atom is 0.154 e. The van der Waals surface area contributed by atoms with E-state index in [1.54, 1.807) is 11.8 Å². The number of fused-ring (bicyclic) bond motifs is 1. The molecule has 4 nitrogen and oxygen atoms in total. The second-order valence-electron chi connectivity index (χ2n) is 6.28. The van der Waals surface area contributed by atoms with E-state index in [2.05, 4.69) is 72.0 Å². The van der Waals surface area contributed by atoms with Crippen LogP contribution in [-0.4, -0.2) is 48.3 Å². The zero-order valence-electron chi connectivity index (χ0n) is 15.4. The van der Waals surface area contributed by atoms with E-state index in [-0.39, 0.29) is 0 Å². The molecule has 1 N–H and O–H groups in total. The van der Waals surface area contributed by atoms with Gasteiger partial charge in [-0.25, -0.2) is 9.97 Å². The highest BCUT2D eigenvalue weighted by Crippen LogP contribution is 2.21. The lowest BCUT2D eigenvalue weighted by atomic mass is 10.2. The molecule has 3 rings (SSSR count). The van der Waals surface area contributed by atoms with Crippen LogP contribution >= 0.6 is 11.8 Å². The predicted octanol–water partition coefficient (Wildman–Crippen LogP) is 4.50. The van der Waals surface area contributed by atoms with Crippen molar-refractivity contribution >= 4 is 40.6 Å². The molecular formula is C21H24N4S. The van der Waals surface area contributed by atoms with Crippen molar-refractivity contribution < 1.29 is 0 Å². The fraction of sp³-hybridized carbons (Fsp3) is 0.238. The molecule has 0 aliphatic carbocycles. The number of para-hydroxylation sites is 1. The summed E-state index contributed by atoms with van der Waals surface area (Å²) in [5.74, 6) is 1.60. The van der Waals surface area contributed by atoms with Gasteiger partial charge in [0.15, 0.2) is 5.82 Å². The van der Waals surface area contributed by atoms with E-state index in [4.69, 9.17) is 4.98 Å². The first-order valence-electron chi connectivity index (χ1n) is 8.63. The maximum atomic E-state index is 4.71. The molecule has 0 saturated heterocycles. The number of nitrogens with zero attached hydrogens (tertiary/aromatic N) is 3. The minimum Gasteiger partial charge on any atom is -0.368 e. The zero-order chi connectivity index (χ0) is 18.4. The van der Waals surface area contributed by atoms with Crippen molar-refractivity contribution in [2.45, 2.75) is 4.90 Å². The summed E-state index contributed by atoms with van der Waals surface area (Å²) < 4.78 is 0. The average Bonchev–Trinajstić information content (AvgIpc) is 2.66. The lowest BCUT2D eigenvalue weighted by Gasteiger charge is -2.12. The standard InChI is InChI=1S/C21H24N4S/c1-25(2)15-14-22-21-18-6-4-5-7-19(18)23-20(24-21)13-10-16-8-11-17(26-3)12-9-16/h4-13H,14-15H2,1-3H3,(H,22,23,24)/b13-10+. The van der Waals surface area contributed by atoms with E-state index in [9.17, 15) is 0 Å². The van der Waals surface area contributed by atoms with Crippen LogP contribution in [0.3, 0.4) is 0 Å². The highest BCUT2D eigenvalue weighted by atomic mass is 32.2. The molecule has 2 aromatic carbocycles. The van der Waals surface area contributed by atoms with Crippen LogP contribution in [0.2, 0.25) is 0 Å². The van der Waals surface area contributed by atoms with E-state index < -0.39 is 0 Å². The summed E-state index contributed by atoms with van der Waals surface area (Å²) in [6, 6.07) is 16.6. The molecular weight excluding hydrogens is 340 g/mol. The van der Waals surface area contributed by atoms with Gasteiger partial charge in [0.1, 0.15) is 5.82 Å². The molecule has 1 aromatic heterocycles. The molecule has 0 atom stereocenters. The van der Waals surface area contributed by atoms with Crippen molar-refractivity contribution in [1.29, 1.82) is 0 Å². The molecule has 0 aliphatic heterocycles. The fourth-order valence-corrected chi connectivity index (χ4v) is 3.00. The summed E-state index contributed by atoms with van der Waals surface area (Å²) in [7, 11) is 4.13. The Morgan fingerprint density at radius 1 is 1.00 bits per heavy atom. The van der Waals surface area contributed by atoms with Gasteiger partial charge in [-0.15, -0.1) is 11.8 Å². The lowest BCUT2D eigenvalue weighted by Crippen LogP contribution is -2.21. The third kappa shape index (κ3) is 4.84. The molecule has 0 spiro atoms. The van der Waals surface area contributed by atoms with Crippen LogP contribution in [-0.2, 0) is 0 Å². The third-order valence-corrected chi connectivity index (χ3v) is 4.76. The SMILES string of the molecule is CSc1ccc(/C=C/c2nc(NCCN(C)C)c3ccccc3n2)cc1. The number of hydrogen-bond acceptors (Lipinski definition) is 5. The zero-order valence-corrected chi connectivity index (χ0v) is 16.3. The number of benzene rings is 2. The predicted molar refractivity (Wildman–Crippen MR) is 114 cm³/mol. The minimum atomic E-state index is 0.713. The van der Waals surface area contributed by atoms with Crippen molar-refractivity contribution in [1.82, 2.24) is 14.9 Å². The second-order valence-corrected chi connectivity index (χ2v) is 7.16. The van der Waals surface area contributed by atoms with Crippen LogP contribution in [0.1, 0.15) is 11.4 Å². The van der Waals surface area contributed by atoms with Crippen molar-refractivity contribution in [2.24, 2.45) is 0 Å². The molecule has 1 heterocycles. The summed E-state index contributed by atoms with van der Waals surface area (Å²) >= 11 is 1.74. The quantitative estimate of drug-likeness (QED) is 0.625. The van der Waals surface area contributed by atoms with Gasteiger partial charge in [0.05, 0.1) is 5.52 Å². The first kappa shape index (κ1) is 18.4. The molecule has 134 valence electrons. The Balaban J connectivity index is 1.86. The normalized spacial score (nSPS) is 11.5. The number of likely N-dealkylation sites (N-methyl/N-ethyl adjacent to an activating group) is 1. The summed E-state index contributed by atoms with van der Waals surface area (Å²) in [4.78, 5) is 12.8. The van der Waals surface area contributed by atoms with Crippen LogP contribution < -0.4 is 5.32 Å². The third-order valence-electron chi connectivity index (χ3n) is 4.01. The van der Waals surface area contributed by atoms with Crippen LogP contribution in [0.25, 0.3) is 23.1 Å². The van der Waals surface area contributed by atoms with Crippen LogP contribution in [0, 0.1) is 0 Å². The van der Waals surface area contributed by atoms with Gasteiger partial charge in [-0.1, -0.05) is 30.3 Å². The highest BCUT2D eigenvalue weighted by molar-refractivity contribution is 7.98. The van der Waals surface area contributed by atoms with Gasteiger partial charge in [-0.05, 0) is 56.3 Å². The van der Waals surface area contributed by atoms with Crippen LogP contribution in [0.15, 0.2) is 53.4 Å². The van der Waals surface area contributed by atoms with Gasteiger partial charge >= 0.3 is 0 Å². The Bertz CT molecular complexity index is 888. The van der Waals surface area contributed by atoms with Crippen molar-refractivity contribution in [3.8, 4) is 0 Å². The number of rotatable bonds is 7. The summed E-state index contributed by atoms with van der Waals surface area (Å²) in [5.41, 5.74) is 2.09. The second kappa shape index (κ2) is 8.83. The summed E-state index contributed by atoms with van der Waals surface area (Å²) in [5, 5.41) is 4.49. The van der Waals surface area contributed by atoms with E-state index in [0.717, 1.165) is 35.4 Å². The molecule has 5 heteroatoms. The smallest absolute Gasteiger partial charge is 0.154 e. The minimum absolute atomic E-state index is 0.713. The Kier molecular flexibility index (Phi) is 6.26. The summed E-state index contributed by atoms with van der Waals surface area (Å²) in [6.07, 6.45) is 6.11. The van der Waals surface area contributed by atoms with Crippen LogP contribution in [0.4, 0.5) is 5.82 Å². The van der Waals surface area contributed by atoms with Gasteiger partial charge in [0, 0.05) is 23.4 Å². The molecule has 0 unspecified atom stereocenters. The first-order valence-corrected chi connectivity index (χ1v) is 9.86. The molecule has 0 fully saturated rings. The Labute approximate surface area is 159 Å². The monoisotopic (exact) mass is 364 g/mol. The van der Waals surface area contributed by atoms with Gasteiger partial charge in [0.2, 0.25) is 0 Å². The van der Waals surface area contributed by atoms with E-state index in [1.807, 2.05) is 24.3 Å². The first-order chi connectivity index (χ1) is 12.7. The van der Waals surface area contributed by atoms with Gasteiger partial charge in [0.25, 0.3) is 0 Å².